The van der Waals surface area contributed by atoms with Crippen LogP contribution >= 0.6 is 0 Å². The lowest BCUT2D eigenvalue weighted by Crippen LogP contribution is -2.37. The number of carbonyl (C=O) groups excluding carboxylic acids is 1. The van der Waals surface area contributed by atoms with Crippen molar-refractivity contribution in [2.45, 2.75) is 26.3 Å². The number of nitrogens with one attached hydrogen (secondary N) is 1. The molecule has 0 aromatic heterocycles. The van der Waals surface area contributed by atoms with E-state index in [0.717, 1.165) is 18.5 Å². The molecule has 0 spiro atoms. The summed E-state index contributed by atoms with van der Waals surface area (Å²) in [6.07, 6.45) is 0.999. The highest BCUT2D eigenvalue weighted by Gasteiger charge is 2.17. The molecule has 1 atom stereocenters. The van der Waals surface area contributed by atoms with Crippen molar-refractivity contribution < 1.29 is 9.90 Å². The van der Waals surface area contributed by atoms with Gasteiger partial charge in [-0.1, -0.05) is 19.1 Å². The van der Waals surface area contributed by atoms with Crippen LogP contribution in [0.1, 0.15) is 31.9 Å². The summed E-state index contributed by atoms with van der Waals surface area (Å²) in [5.74, 6) is 0.286. The summed E-state index contributed by atoms with van der Waals surface area (Å²) in [5, 5.41) is 11.9. The molecular weight excluding hydrogens is 228 g/mol. The van der Waals surface area contributed by atoms with Crippen molar-refractivity contribution >= 4 is 5.91 Å². The molecule has 1 amide bonds. The molecule has 18 heavy (non-hydrogen) atoms. The minimum absolute atomic E-state index is 0.0223. The summed E-state index contributed by atoms with van der Waals surface area (Å²) in [6.45, 7) is 5.44. The monoisotopic (exact) mass is 250 g/mol. The topological polar surface area (TPSA) is 52.6 Å². The van der Waals surface area contributed by atoms with E-state index in [1.54, 1.807) is 19.2 Å². The lowest BCUT2D eigenvalue weighted by Gasteiger charge is -2.28. The van der Waals surface area contributed by atoms with E-state index in [1.807, 2.05) is 12.1 Å². The molecular formula is C14H22N2O2. The van der Waals surface area contributed by atoms with E-state index in [4.69, 9.17) is 0 Å². The van der Waals surface area contributed by atoms with Crippen LogP contribution in [0.15, 0.2) is 24.3 Å². The average molecular weight is 250 g/mol. The largest absolute Gasteiger partial charge is 0.508 e. The molecule has 1 unspecified atom stereocenters. The Labute approximate surface area is 109 Å². The predicted octanol–water partition coefficient (Wildman–Crippen LogP) is 1.91. The van der Waals surface area contributed by atoms with Crippen LogP contribution in [0.2, 0.25) is 0 Å². The number of nitrogens with zero attached hydrogens (tertiary/aromatic N) is 1. The Balaban J connectivity index is 2.77. The molecule has 2 N–H and O–H groups in total. The summed E-state index contributed by atoms with van der Waals surface area (Å²) in [7, 11) is 1.65. The molecule has 4 heteroatoms. The second kappa shape index (κ2) is 7.01. The van der Waals surface area contributed by atoms with E-state index in [0.29, 0.717) is 6.54 Å². The van der Waals surface area contributed by atoms with Crippen molar-refractivity contribution in [3.8, 4) is 5.75 Å². The van der Waals surface area contributed by atoms with Crippen LogP contribution in [0.25, 0.3) is 0 Å². The van der Waals surface area contributed by atoms with E-state index in [1.165, 1.54) is 0 Å². The van der Waals surface area contributed by atoms with Gasteiger partial charge in [0.25, 0.3) is 0 Å². The van der Waals surface area contributed by atoms with E-state index < -0.39 is 0 Å². The second-order valence-electron chi connectivity index (χ2n) is 4.41. The first-order chi connectivity index (χ1) is 8.58. The fourth-order valence-corrected chi connectivity index (χ4v) is 1.92. The predicted molar refractivity (Wildman–Crippen MR) is 72.5 cm³/mol. The maximum absolute atomic E-state index is 11.5. The lowest BCUT2D eigenvalue weighted by atomic mass is 10.1. The summed E-state index contributed by atoms with van der Waals surface area (Å²) < 4.78 is 0. The van der Waals surface area contributed by atoms with E-state index in [2.05, 4.69) is 24.1 Å². The SMILES string of the molecule is CCCN(CC(=O)NC)C(C)c1ccc(O)cc1. The van der Waals surface area contributed by atoms with Gasteiger partial charge in [-0.2, -0.15) is 0 Å². The number of rotatable bonds is 6. The highest BCUT2D eigenvalue weighted by atomic mass is 16.3. The fourth-order valence-electron chi connectivity index (χ4n) is 1.92. The first-order valence-corrected chi connectivity index (χ1v) is 6.32. The molecule has 0 fully saturated rings. The number of likely N-dealkylation sites (N-methyl/N-ethyl adjacent to an activating group) is 1. The Morgan fingerprint density at radius 1 is 1.39 bits per heavy atom. The molecule has 1 rings (SSSR count). The van der Waals surface area contributed by atoms with Crippen molar-refractivity contribution in [1.29, 1.82) is 0 Å². The third-order valence-electron chi connectivity index (χ3n) is 3.06. The van der Waals surface area contributed by atoms with Crippen molar-refractivity contribution in [3.05, 3.63) is 29.8 Å². The Morgan fingerprint density at radius 2 is 2.00 bits per heavy atom. The summed E-state index contributed by atoms with van der Waals surface area (Å²) in [4.78, 5) is 13.6. The molecule has 0 heterocycles. The van der Waals surface area contributed by atoms with E-state index in [-0.39, 0.29) is 17.7 Å². The molecule has 4 nitrogen and oxygen atoms in total. The number of hydrogen-bond donors (Lipinski definition) is 2. The van der Waals surface area contributed by atoms with Gasteiger partial charge in [0.05, 0.1) is 6.54 Å². The standard InChI is InChI=1S/C14H22N2O2/c1-4-9-16(10-14(18)15-3)11(2)12-5-7-13(17)8-6-12/h5-8,11,17H,4,9-10H2,1-3H3,(H,15,18). The molecule has 0 saturated carbocycles. The van der Waals surface area contributed by atoms with Crippen LogP contribution in [0.3, 0.4) is 0 Å². The maximum atomic E-state index is 11.5. The third kappa shape index (κ3) is 4.04. The quantitative estimate of drug-likeness (QED) is 0.811. The van der Waals surface area contributed by atoms with Gasteiger partial charge < -0.3 is 10.4 Å². The minimum atomic E-state index is 0.0223. The normalized spacial score (nSPS) is 12.4. The van der Waals surface area contributed by atoms with Crippen molar-refractivity contribution in [1.82, 2.24) is 10.2 Å². The number of aromatic hydroxyl groups is 1. The van der Waals surface area contributed by atoms with Crippen molar-refractivity contribution in [3.63, 3.8) is 0 Å². The molecule has 0 radical (unpaired) electrons. The molecule has 0 bridgehead atoms. The Hall–Kier alpha value is -1.55. The van der Waals surface area contributed by atoms with Crippen molar-refractivity contribution in [2.24, 2.45) is 0 Å². The number of phenols is 1. The summed E-state index contributed by atoms with van der Waals surface area (Å²) >= 11 is 0. The summed E-state index contributed by atoms with van der Waals surface area (Å²) in [5.41, 5.74) is 1.10. The third-order valence-corrected chi connectivity index (χ3v) is 3.06. The molecule has 100 valence electrons. The highest BCUT2D eigenvalue weighted by Crippen LogP contribution is 2.22. The van der Waals surface area contributed by atoms with Crippen LogP contribution in [0.4, 0.5) is 0 Å². The fraction of sp³-hybridized carbons (Fsp3) is 0.500. The number of carbonyl (C=O) groups is 1. The Kier molecular flexibility index (Phi) is 5.65. The molecule has 0 saturated heterocycles. The maximum Gasteiger partial charge on any atom is 0.233 e. The molecule has 0 aliphatic heterocycles. The Bertz CT molecular complexity index is 376. The number of benzene rings is 1. The van der Waals surface area contributed by atoms with Gasteiger partial charge >= 0.3 is 0 Å². The van der Waals surface area contributed by atoms with Crippen LogP contribution in [0, 0.1) is 0 Å². The van der Waals surface area contributed by atoms with Crippen LogP contribution in [0.5, 0.6) is 5.75 Å². The van der Waals surface area contributed by atoms with Gasteiger partial charge in [-0.25, -0.2) is 0 Å². The molecule has 1 aromatic rings. The van der Waals surface area contributed by atoms with Gasteiger partial charge in [-0.15, -0.1) is 0 Å². The number of phenolic OH excluding ortho intramolecular Hbond substituents is 1. The first kappa shape index (κ1) is 14.5. The average Bonchev–Trinajstić information content (AvgIpc) is 2.38. The van der Waals surface area contributed by atoms with Crippen LogP contribution in [-0.4, -0.2) is 36.1 Å². The first-order valence-electron chi connectivity index (χ1n) is 6.32. The lowest BCUT2D eigenvalue weighted by molar-refractivity contribution is -0.122. The van der Waals surface area contributed by atoms with Gasteiger partial charge in [0, 0.05) is 13.1 Å². The molecule has 1 aromatic carbocycles. The van der Waals surface area contributed by atoms with Gasteiger partial charge in [0.1, 0.15) is 5.75 Å². The minimum Gasteiger partial charge on any atom is -0.508 e. The van der Waals surface area contributed by atoms with Crippen LogP contribution in [-0.2, 0) is 4.79 Å². The number of amides is 1. The smallest absolute Gasteiger partial charge is 0.233 e. The van der Waals surface area contributed by atoms with Crippen molar-refractivity contribution in [2.75, 3.05) is 20.1 Å². The second-order valence-corrected chi connectivity index (χ2v) is 4.41. The zero-order chi connectivity index (χ0) is 13.5. The van der Waals surface area contributed by atoms with Gasteiger partial charge in [-0.3, -0.25) is 9.69 Å². The molecule has 0 aliphatic rings. The van der Waals surface area contributed by atoms with Gasteiger partial charge in [0.15, 0.2) is 0 Å². The Morgan fingerprint density at radius 3 is 2.50 bits per heavy atom. The van der Waals surface area contributed by atoms with Gasteiger partial charge in [-0.05, 0) is 37.6 Å². The highest BCUT2D eigenvalue weighted by molar-refractivity contribution is 5.77. The van der Waals surface area contributed by atoms with Crippen LogP contribution < -0.4 is 5.32 Å². The number of hydrogen-bond acceptors (Lipinski definition) is 3. The van der Waals surface area contributed by atoms with E-state index in [9.17, 15) is 9.90 Å². The summed E-state index contributed by atoms with van der Waals surface area (Å²) in [6, 6.07) is 7.30. The zero-order valence-corrected chi connectivity index (χ0v) is 11.3. The zero-order valence-electron chi connectivity index (χ0n) is 11.3. The molecule has 0 aliphatic carbocycles. The van der Waals surface area contributed by atoms with E-state index >= 15 is 0 Å². The van der Waals surface area contributed by atoms with Gasteiger partial charge in [0.2, 0.25) is 5.91 Å².